The Balaban J connectivity index is 1.58. The van der Waals surface area contributed by atoms with Gasteiger partial charge in [0.15, 0.2) is 0 Å². The summed E-state index contributed by atoms with van der Waals surface area (Å²) in [6, 6.07) is 0. The van der Waals surface area contributed by atoms with E-state index in [-0.39, 0.29) is 11.5 Å². The van der Waals surface area contributed by atoms with Gasteiger partial charge in [-0.05, 0) is 99.2 Å². The van der Waals surface area contributed by atoms with Crippen LogP contribution in [-0.2, 0) is 0 Å². The largest absolute Gasteiger partial charge is 0.393 e. The van der Waals surface area contributed by atoms with Crippen LogP contribution < -0.4 is 0 Å². The summed E-state index contributed by atoms with van der Waals surface area (Å²) in [7, 11) is 0. The maximum Gasteiger partial charge on any atom is 0.0701 e. The van der Waals surface area contributed by atoms with Crippen LogP contribution in [0.4, 0.5) is 0 Å². The van der Waals surface area contributed by atoms with Crippen LogP contribution in [0.3, 0.4) is 0 Å². The Hall–Kier alpha value is -0.0800. The van der Waals surface area contributed by atoms with E-state index in [2.05, 4.69) is 13.8 Å². The summed E-state index contributed by atoms with van der Waals surface area (Å²) in [5.74, 6) is 4.17. The number of aliphatic hydroxyl groups excluding tert-OH is 1. The first-order chi connectivity index (χ1) is 10.5. The Morgan fingerprint density at radius 1 is 0.909 bits per heavy atom. The van der Waals surface area contributed by atoms with Gasteiger partial charge in [-0.3, -0.25) is 0 Å². The Morgan fingerprint density at radius 2 is 1.68 bits per heavy atom. The lowest BCUT2D eigenvalue weighted by Crippen LogP contribution is -2.53. The molecule has 0 heterocycles. The fourth-order valence-electron chi connectivity index (χ4n) is 7.52. The summed E-state index contributed by atoms with van der Waals surface area (Å²) in [5, 5.41) is 21.2. The highest BCUT2D eigenvalue weighted by Gasteiger charge is 2.61. The molecule has 2 heteroatoms. The van der Waals surface area contributed by atoms with Crippen molar-refractivity contribution in [2.24, 2.45) is 35.0 Å². The van der Waals surface area contributed by atoms with Gasteiger partial charge in [-0.15, -0.1) is 0 Å². The molecule has 0 bridgehead atoms. The SMILES string of the molecule is CC[C@]1(O)CC[C@H]2[C@@H]3CCC4CC(O)CC[C@@H]4[C@H]3CC[C@@]21C. The molecule has 2 N–H and O–H groups in total. The molecule has 0 aromatic rings. The fourth-order valence-corrected chi connectivity index (χ4v) is 7.52. The second-order valence-corrected chi connectivity index (χ2v) is 9.28. The van der Waals surface area contributed by atoms with Crippen molar-refractivity contribution < 1.29 is 10.2 Å². The Kier molecular flexibility index (Phi) is 3.66. The number of fused-ring (bicyclic) bond motifs is 5. The first-order valence-electron chi connectivity index (χ1n) is 9.89. The maximum atomic E-state index is 11.2. The van der Waals surface area contributed by atoms with Crippen LogP contribution in [0.5, 0.6) is 0 Å². The van der Waals surface area contributed by atoms with Crippen LogP contribution in [0, 0.1) is 35.0 Å². The molecule has 2 unspecified atom stereocenters. The van der Waals surface area contributed by atoms with Gasteiger partial charge < -0.3 is 10.2 Å². The minimum Gasteiger partial charge on any atom is -0.393 e. The predicted octanol–water partition coefficient (Wildman–Crippen LogP) is 4.14. The van der Waals surface area contributed by atoms with Crippen molar-refractivity contribution in [3.8, 4) is 0 Å². The van der Waals surface area contributed by atoms with Gasteiger partial charge in [-0.1, -0.05) is 13.8 Å². The van der Waals surface area contributed by atoms with E-state index >= 15 is 0 Å². The van der Waals surface area contributed by atoms with Gasteiger partial charge in [0.2, 0.25) is 0 Å². The lowest BCUT2D eigenvalue weighted by molar-refractivity contribution is -0.134. The highest BCUT2D eigenvalue weighted by molar-refractivity contribution is 5.11. The molecule has 22 heavy (non-hydrogen) atoms. The predicted molar refractivity (Wildman–Crippen MR) is 88.4 cm³/mol. The van der Waals surface area contributed by atoms with Crippen LogP contribution in [0.25, 0.3) is 0 Å². The lowest BCUT2D eigenvalue weighted by Gasteiger charge is -2.57. The Labute approximate surface area is 135 Å². The molecule has 4 fully saturated rings. The van der Waals surface area contributed by atoms with Crippen molar-refractivity contribution in [2.75, 3.05) is 0 Å². The monoisotopic (exact) mass is 306 g/mol. The quantitative estimate of drug-likeness (QED) is 0.764. The molecule has 4 rings (SSSR count). The van der Waals surface area contributed by atoms with Crippen LogP contribution in [-0.4, -0.2) is 21.9 Å². The Bertz CT molecular complexity index is 435. The minimum atomic E-state index is -0.401. The molecule has 126 valence electrons. The molecular formula is C20H34O2. The average molecular weight is 306 g/mol. The van der Waals surface area contributed by atoms with Crippen molar-refractivity contribution in [1.29, 1.82) is 0 Å². The normalized spacial score (nSPS) is 57.8. The molecule has 0 spiro atoms. The molecule has 8 atom stereocenters. The molecule has 0 aliphatic heterocycles. The lowest BCUT2D eigenvalue weighted by atomic mass is 9.49. The van der Waals surface area contributed by atoms with Gasteiger partial charge >= 0.3 is 0 Å². The molecule has 0 amide bonds. The van der Waals surface area contributed by atoms with E-state index in [1.54, 1.807) is 0 Å². The molecular weight excluding hydrogens is 272 g/mol. The molecule has 0 aromatic carbocycles. The van der Waals surface area contributed by atoms with E-state index in [1.165, 1.54) is 38.5 Å². The summed E-state index contributed by atoms with van der Waals surface area (Å²) < 4.78 is 0. The smallest absolute Gasteiger partial charge is 0.0701 e. The second-order valence-electron chi connectivity index (χ2n) is 9.28. The van der Waals surface area contributed by atoms with Crippen LogP contribution in [0.2, 0.25) is 0 Å². The molecule has 0 aromatic heterocycles. The van der Waals surface area contributed by atoms with E-state index in [0.717, 1.165) is 55.3 Å². The van der Waals surface area contributed by atoms with E-state index in [4.69, 9.17) is 0 Å². The second kappa shape index (κ2) is 5.21. The molecule has 0 radical (unpaired) electrons. The third kappa shape index (κ3) is 1.99. The van der Waals surface area contributed by atoms with Gasteiger partial charge in [0.05, 0.1) is 11.7 Å². The van der Waals surface area contributed by atoms with Gasteiger partial charge in [-0.2, -0.15) is 0 Å². The molecule has 0 saturated heterocycles. The zero-order valence-corrected chi connectivity index (χ0v) is 14.4. The summed E-state index contributed by atoms with van der Waals surface area (Å²) in [6.45, 7) is 4.58. The van der Waals surface area contributed by atoms with Crippen molar-refractivity contribution >= 4 is 0 Å². The van der Waals surface area contributed by atoms with Gasteiger partial charge in [0.1, 0.15) is 0 Å². The van der Waals surface area contributed by atoms with E-state index < -0.39 is 5.60 Å². The molecule has 4 saturated carbocycles. The average Bonchev–Trinajstić information content (AvgIpc) is 2.79. The van der Waals surface area contributed by atoms with Crippen molar-refractivity contribution in [3.05, 3.63) is 0 Å². The van der Waals surface area contributed by atoms with E-state index in [1.807, 2.05) is 0 Å². The summed E-state index contributed by atoms with van der Waals surface area (Å²) >= 11 is 0. The van der Waals surface area contributed by atoms with Gasteiger partial charge in [-0.25, -0.2) is 0 Å². The fraction of sp³-hybridized carbons (Fsp3) is 1.00. The summed E-state index contributed by atoms with van der Waals surface area (Å²) in [5.41, 5.74) is -0.230. The molecule has 2 nitrogen and oxygen atoms in total. The van der Waals surface area contributed by atoms with E-state index in [9.17, 15) is 10.2 Å². The molecule has 4 aliphatic rings. The standard InChI is InChI=1S/C20H34O2/c1-3-20(22)11-9-18-17-6-4-13-12-14(21)5-7-15(13)16(17)8-10-19(18,20)2/h13-18,21-22H,3-12H2,1-2H3/t13?,14?,15-,16+,17+,18-,19-,20-/m0/s1. The zero-order valence-electron chi connectivity index (χ0n) is 14.4. The summed E-state index contributed by atoms with van der Waals surface area (Å²) in [4.78, 5) is 0. The van der Waals surface area contributed by atoms with Gasteiger partial charge in [0, 0.05) is 0 Å². The minimum absolute atomic E-state index is 0.0247. The van der Waals surface area contributed by atoms with Crippen molar-refractivity contribution in [2.45, 2.75) is 89.8 Å². The first-order valence-corrected chi connectivity index (χ1v) is 9.89. The number of rotatable bonds is 1. The number of hydrogen-bond acceptors (Lipinski definition) is 2. The zero-order chi connectivity index (χ0) is 15.5. The molecule has 4 aliphatic carbocycles. The highest BCUT2D eigenvalue weighted by Crippen LogP contribution is 2.65. The third-order valence-corrected chi connectivity index (χ3v) is 8.83. The summed E-state index contributed by atoms with van der Waals surface area (Å²) in [6.07, 6.45) is 11.8. The Morgan fingerprint density at radius 3 is 2.45 bits per heavy atom. The maximum absolute atomic E-state index is 11.2. The van der Waals surface area contributed by atoms with Crippen LogP contribution >= 0.6 is 0 Å². The number of hydrogen-bond donors (Lipinski definition) is 2. The van der Waals surface area contributed by atoms with Crippen LogP contribution in [0.15, 0.2) is 0 Å². The van der Waals surface area contributed by atoms with Crippen molar-refractivity contribution in [3.63, 3.8) is 0 Å². The highest BCUT2D eigenvalue weighted by atomic mass is 16.3. The van der Waals surface area contributed by atoms with Crippen molar-refractivity contribution in [1.82, 2.24) is 0 Å². The topological polar surface area (TPSA) is 40.5 Å². The van der Waals surface area contributed by atoms with E-state index in [0.29, 0.717) is 0 Å². The number of aliphatic hydroxyl groups is 2. The first kappa shape index (κ1) is 15.4. The third-order valence-electron chi connectivity index (χ3n) is 8.83. The van der Waals surface area contributed by atoms with Gasteiger partial charge in [0.25, 0.3) is 0 Å². The van der Waals surface area contributed by atoms with Crippen LogP contribution in [0.1, 0.15) is 78.1 Å².